The van der Waals surface area contributed by atoms with Crippen LogP contribution >= 0.6 is 0 Å². The molecule has 0 radical (unpaired) electrons. The van der Waals surface area contributed by atoms with E-state index in [1.165, 1.54) is 29.6 Å². The van der Waals surface area contributed by atoms with Gasteiger partial charge in [-0.1, -0.05) is 39.0 Å². The molecule has 0 bridgehead atoms. The fraction of sp³-hybridized carbons (Fsp3) is 0.440. The van der Waals surface area contributed by atoms with E-state index in [9.17, 15) is 18.0 Å². The number of rotatable bonds is 8. The highest BCUT2D eigenvalue weighted by Gasteiger charge is 2.34. The van der Waals surface area contributed by atoms with E-state index in [-0.39, 0.29) is 40.5 Å². The minimum Gasteiger partial charge on any atom is -0.495 e. The van der Waals surface area contributed by atoms with Gasteiger partial charge in [-0.15, -0.1) is 0 Å². The molecule has 0 spiro atoms. The van der Waals surface area contributed by atoms with Gasteiger partial charge in [0.2, 0.25) is 15.9 Å². The first-order chi connectivity index (χ1) is 16.1. The van der Waals surface area contributed by atoms with E-state index >= 15 is 0 Å². The summed E-state index contributed by atoms with van der Waals surface area (Å²) >= 11 is 0. The summed E-state index contributed by atoms with van der Waals surface area (Å²) < 4.78 is 33.6. The molecule has 1 aliphatic heterocycles. The summed E-state index contributed by atoms with van der Waals surface area (Å²) in [5.41, 5.74) is 1.83. The molecule has 0 saturated carbocycles. The van der Waals surface area contributed by atoms with Crippen molar-refractivity contribution in [3.05, 3.63) is 53.6 Å². The number of hydrogen-bond acceptors (Lipinski definition) is 5. The Balaban J connectivity index is 1.74. The number of carbonyl (C=O) groups excluding carboxylic acids is 2. The lowest BCUT2D eigenvalue weighted by Crippen LogP contribution is -2.42. The Labute approximate surface area is 201 Å². The number of benzene rings is 2. The van der Waals surface area contributed by atoms with Crippen molar-refractivity contribution >= 4 is 27.5 Å². The van der Waals surface area contributed by atoms with Crippen LogP contribution in [0.25, 0.3) is 0 Å². The summed E-state index contributed by atoms with van der Waals surface area (Å²) in [6.45, 7) is 6.66. The molecule has 2 amide bonds. The Morgan fingerprint density at radius 3 is 2.41 bits per heavy atom. The largest absolute Gasteiger partial charge is 0.495 e. The fourth-order valence-corrected chi connectivity index (χ4v) is 6.23. The highest BCUT2D eigenvalue weighted by molar-refractivity contribution is 7.89. The lowest BCUT2D eigenvalue weighted by atomic mass is 9.94. The third-order valence-corrected chi connectivity index (χ3v) is 7.81. The quantitative estimate of drug-likeness (QED) is 0.595. The van der Waals surface area contributed by atoms with Gasteiger partial charge in [-0.2, -0.15) is 4.31 Å². The van der Waals surface area contributed by atoms with Crippen LogP contribution in [0, 0.1) is 11.8 Å². The predicted molar refractivity (Wildman–Crippen MR) is 131 cm³/mol. The number of ether oxygens (including phenoxy) is 1. The summed E-state index contributed by atoms with van der Waals surface area (Å²) in [5, 5.41) is 5.36. The number of hydrogen-bond donors (Lipinski definition) is 2. The summed E-state index contributed by atoms with van der Waals surface area (Å²) in [5.74, 6) is -0.249. The van der Waals surface area contributed by atoms with Crippen LogP contribution in [0.4, 0.5) is 5.69 Å². The van der Waals surface area contributed by atoms with Crippen molar-refractivity contribution in [1.29, 1.82) is 0 Å². The number of anilines is 1. The van der Waals surface area contributed by atoms with Crippen LogP contribution in [-0.4, -0.2) is 51.3 Å². The molecule has 2 aromatic carbocycles. The average molecular weight is 488 g/mol. The monoisotopic (exact) mass is 487 g/mol. The van der Waals surface area contributed by atoms with E-state index in [1.54, 1.807) is 0 Å². The Morgan fingerprint density at radius 1 is 1.09 bits per heavy atom. The third kappa shape index (κ3) is 5.95. The molecule has 2 unspecified atom stereocenters. The molecular formula is C25H33N3O5S. The van der Waals surface area contributed by atoms with Crippen LogP contribution < -0.4 is 15.4 Å². The smallest absolute Gasteiger partial charge is 0.251 e. The number of para-hydroxylation sites is 1. The first kappa shape index (κ1) is 25.7. The lowest BCUT2D eigenvalue weighted by Gasteiger charge is -2.34. The number of nitrogens with zero attached hydrogens (tertiary/aromatic N) is 1. The van der Waals surface area contributed by atoms with Gasteiger partial charge in [-0.3, -0.25) is 9.59 Å². The molecule has 3 rings (SSSR count). The molecular weight excluding hydrogens is 454 g/mol. The van der Waals surface area contributed by atoms with Gasteiger partial charge in [0.25, 0.3) is 5.91 Å². The molecule has 2 atom stereocenters. The zero-order valence-electron chi connectivity index (χ0n) is 20.1. The summed E-state index contributed by atoms with van der Waals surface area (Å²) in [6, 6.07) is 11.7. The van der Waals surface area contributed by atoms with Gasteiger partial charge in [-0.05, 0) is 54.5 Å². The molecule has 8 nitrogen and oxygen atoms in total. The lowest BCUT2D eigenvalue weighted by molar-refractivity contribution is -0.115. The van der Waals surface area contributed by atoms with Crippen molar-refractivity contribution in [2.75, 3.05) is 32.1 Å². The van der Waals surface area contributed by atoms with Crippen LogP contribution in [-0.2, 0) is 21.2 Å². The Morgan fingerprint density at radius 2 is 1.76 bits per heavy atom. The topological polar surface area (TPSA) is 105 Å². The van der Waals surface area contributed by atoms with Crippen LogP contribution in [0.15, 0.2) is 47.4 Å². The van der Waals surface area contributed by atoms with E-state index in [1.807, 2.05) is 45.0 Å². The predicted octanol–water partition coefficient (Wildman–Crippen LogP) is 3.29. The molecule has 9 heteroatoms. The highest BCUT2D eigenvalue weighted by atomic mass is 32.2. The van der Waals surface area contributed by atoms with Crippen molar-refractivity contribution in [2.24, 2.45) is 11.8 Å². The Bertz CT molecular complexity index is 1140. The number of amides is 2. The minimum absolute atomic E-state index is 0.0507. The molecule has 0 aliphatic carbocycles. The normalized spacial score (nSPS) is 18.8. The zero-order valence-corrected chi connectivity index (χ0v) is 20.9. The average Bonchev–Trinajstić information content (AvgIpc) is 2.81. The molecule has 34 heavy (non-hydrogen) atoms. The van der Waals surface area contributed by atoms with E-state index in [0.29, 0.717) is 18.8 Å². The minimum atomic E-state index is -3.86. The third-order valence-electron chi connectivity index (χ3n) is 5.96. The maximum atomic E-state index is 13.4. The molecule has 0 aromatic heterocycles. The molecule has 184 valence electrons. The Hall–Kier alpha value is -2.91. The van der Waals surface area contributed by atoms with Gasteiger partial charge < -0.3 is 15.4 Å². The van der Waals surface area contributed by atoms with E-state index < -0.39 is 15.9 Å². The standard InChI is InChI=1S/C25H33N3O5S/c1-5-19-8-6-7-9-21(19)27-24(29)14-26-25(30)20-10-11-22(33-4)23(13-20)34(31,32)28-15-17(2)12-18(3)16-28/h6-11,13,17-18H,5,12,14-16H2,1-4H3,(H,26,30)(H,27,29). The Kier molecular flexibility index (Phi) is 8.33. The van der Waals surface area contributed by atoms with Gasteiger partial charge in [0.05, 0.1) is 13.7 Å². The van der Waals surface area contributed by atoms with Gasteiger partial charge in [-0.25, -0.2) is 8.42 Å². The maximum absolute atomic E-state index is 13.4. The molecule has 1 aliphatic rings. The molecule has 1 heterocycles. The summed E-state index contributed by atoms with van der Waals surface area (Å²) in [7, 11) is -2.46. The van der Waals surface area contributed by atoms with Crippen molar-refractivity contribution in [1.82, 2.24) is 9.62 Å². The van der Waals surface area contributed by atoms with E-state index in [2.05, 4.69) is 10.6 Å². The van der Waals surface area contributed by atoms with E-state index in [4.69, 9.17) is 4.74 Å². The summed E-state index contributed by atoms with van der Waals surface area (Å²) in [6.07, 6.45) is 1.73. The second-order valence-corrected chi connectivity index (χ2v) is 10.8. The fourth-order valence-electron chi connectivity index (χ4n) is 4.37. The van der Waals surface area contributed by atoms with Crippen molar-refractivity contribution in [3.8, 4) is 5.75 Å². The number of nitrogens with one attached hydrogen (secondary N) is 2. The second-order valence-electron chi connectivity index (χ2n) is 8.88. The van der Waals surface area contributed by atoms with Crippen molar-refractivity contribution < 1.29 is 22.7 Å². The summed E-state index contributed by atoms with van der Waals surface area (Å²) in [4.78, 5) is 25.1. The second kappa shape index (κ2) is 11.0. The van der Waals surface area contributed by atoms with Crippen LogP contribution in [0.3, 0.4) is 0 Å². The molecule has 2 N–H and O–H groups in total. The van der Waals surface area contributed by atoms with Gasteiger partial charge in [0.15, 0.2) is 0 Å². The van der Waals surface area contributed by atoms with Crippen molar-refractivity contribution in [2.45, 2.75) is 38.5 Å². The first-order valence-electron chi connectivity index (χ1n) is 11.5. The van der Waals surface area contributed by atoms with Crippen LogP contribution in [0.1, 0.15) is 43.1 Å². The number of carbonyl (C=O) groups is 2. The van der Waals surface area contributed by atoms with Crippen LogP contribution in [0.2, 0.25) is 0 Å². The first-order valence-corrected chi connectivity index (χ1v) is 12.9. The van der Waals surface area contributed by atoms with Gasteiger partial charge in [0.1, 0.15) is 10.6 Å². The molecule has 1 saturated heterocycles. The number of methoxy groups -OCH3 is 1. The van der Waals surface area contributed by atoms with Crippen molar-refractivity contribution in [3.63, 3.8) is 0 Å². The zero-order chi connectivity index (χ0) is 24.9. The van der Waals surface area contributed by atoms with E-state index in [0.717, 1.165) is 18.4 Å². The molecule has 2 aromatic rings. The molecule has 1 fully saturated rings. The number of piperidine rings is 1. The number of aryl methyl sites for hydroxylation is 1. The van der Waals surface area contributed by atoms with Gasteiger partial charge >= 0.3 is 0 Å². The SMILES string of the molecule is CCc1ccccc1NC(=O)CNC(=O)c1ccc(OC)c(S(=O)(=O)N2CC(C)CC(C)C2)c1. The maximum Gasteiger partial charge on any atom is 0.251 e. The number of sulfonamides is 1. The van der Waals surface area contributed by atoms with Crippen LogP contribution in [0.5, 0.6) is 5.75 Å². The van der Waals surface area contributed by atoms with Gasteiger partial charge in [0, 0.05) is 24.3 Å². The highest BCUT2D eigenvalue weighted by Crippen LogP contribution is 2.32.